The van der Waals surface area contributed by atoms with E-state index in [1.54, 1.807) is 14.1 Å². The van der Waals surface area contributed by atoms with Gasteiger partial charge in [-0.25, -0.2) is 4.99 Å². The number of carbonyl (C=O) groups is 2. The van der Waals surface area contributed by atoms with E-state index in [9.17, 15) is 9.59 Å². The van der Waals surface area contributed by atoms with Crippen LogP contribution in [-0.2, 0) is 9.59 Å². The molecule has 1 aliphatic carbocycles. The van der Waals surface area contributed by atoms with E-state index in [0.29, 0.717) is 17.8 Å². The van der Waals surface area contributed by atoms with Crippen LogP contribution >= 0.6 is 0 Å². The fourth-order valence-corrected chi connectivity index (χ4v) is 3.07. The van der Waals surface area contributed by atoms with Crippen LogP contribution < -0.4 is 10.6 Å². The van der Waals surface area contributed by atoms with Crippen LogP contribution in [0.2, 0.25) is 0 Å². The van der Waals surface area contributed by atoms with Gasteiger partial charge in [-0.05, 0) is 19.8 Å². The number of carbonyl (C=O) groups excluding carboxylic acids is 2. The number of guanidine groups is 1. The Morgan fingerprint density at radius 3 is 2.35 bits per heavy atom. The fourth-order valence-electron chi connectivity index (χ4n) is 3.07. The molecule has 0 bridgehead atoms. The molecule has 0 atom stereocenters. The quantitative estimate of drug-likeness (QED) is 0.472. The molecule has 1 saturated heterocycles. The molecule has 0 aromatic heterocycles. The third-order valence-corrected chi connectivity index (χ3v) is 5.07. The highest BCUT2D eigenvalue weighted by Crippen LogP contribution is 2.28. The van der Waals surface area contributed by atoms with Gasteiger partial charge >= 0.3 is 0 Å². The largest absolute Gasteiger partial charge is 0.357 e. The van der Waals surface area contributed by atoms with Gasteiger partial charge in [0.15, 0.2) is 5.96 Å². The number of aliphatic imine (C=N–C) groups is 1. The molecule has 2 fully saturated rings. The lowest BCUT2D eigenvalue weighted by Gasteiger charge is -2.38. The molecule has 2 N–H and O–H groups in total. The molecule has 1 aliphatic heterocycles. The molecule has 26 heavy (non-hydrogen) atoms. The van der Waals surface area contributed by atoms with Crippen LogP contribution in [0.4, 0.5) is 0 Å². The van der Waals surface area contributed by atoms with Gasteiger partial charge in [0.05, 0.1) is 0 Å². The van der Waals surface area contributed by atoms with Gasteiger partial charge in [0.25, 0.3) is 0 Å². The van der Waals surface area contributed by atoms with E-state index < -0.39 is 0 Å². The molecule has 0 spiro atoms. The summed E-state index contributed by atoms with van der Waals surface area (Å²) in [7, 11) is 3.46. The number of rotatable bonds is 7. The Morgan fingerprint density at radius 1 is 1.12 bits per heavy atom. The van der Waals surface area contributed by atoms with Crippen LogP contribution in [0.15, 0.2) is 4.99 Å². The zero-order valence-electron chi connectivity index (χ0n) is 16.5. The first-order chi connectivity index (χ1) is 12.5. The summed E-state index contributed by atoms with van der Waals surface area (Å²) in [6, 6.07) is 0. The Hall–Kier alpha value is -1.83. The van der Waals surface area contributed by atoms with Crippen LogP contribution in [0.5, 0.6) is 0 Å². The van der Waals surface area contributed by atoms with Gasteiger partial charge in [0.2, 0.25) is 11.8 Å². The van der Waals surface area contributed by atoms with Crippen molar-refractivity contribution in [2.24, 2.45) is 10.9 Å². The second kappa shape index (κ2) is 10.4. The lowest BCUT2D eigenvalue weighted by atomic mass is 9.84. The molecule has 1 saturated carbocycles. The summed E-state index contributed by atoms with van der Waals surface area (Å²) < 4.78 is 0. The maximum absolute atomic E-state index is 12.3. The number of nitrogens with zero attached hydrogens (tertiary/aromatic N) is 4. The number of piperazine rings is 1. The lowest BCUT2D eigenvalue weighted by Crippen LogP contribution is -2.52. The molecule has 2 aliphatic rings. The first-order valence-electron chi connectivity index (χ1n) is 9.74. The second-order valence-electron chi connectivity index (χ2n) is 7.20. The summed E-state index contributed by atoms with van der Waals surface area (Å²) in [5.41, 5.74) is 0. The summed E-state index contributed by atoms with van der Waals surface area (Å²) >= 11 is 0. The summed E-state index contributed by atoms with van der Waals surface area (Å²) in [5.74, 6) is 1.31. The molecule has 1 heterocycles. The summed E-state index contributed by atoms with van der Waals surface area (Å²) in [5, 5.41) is 6.44. The monoisotopic (exact) mass is 366 g/mol. The molecule has 0 unspecified atom stereocenters. The summed E-state index contributed by atoms with van der Waals surface area (Å²) in [6.07, 6.45) is 3.36. The van der Waals surface area contributed by atoms with E-state index in [2.05, 4.69) is 20.5 Å². The van der Waals surface area contributed by atoms with E-state index in [1.807, 2.05) is 11.8 Å². The summed E-state index contributed by atoms with van der Waals surface area (Å²) in [4.78, 5) is 34.2. The van der Waals surface area contributed by atoms with E-state index in [4.69, 9.17) is 0 Å². The Morgan fingerprint density at radius 2 is 1.81 bits per heavy atom. The topological polar surface area (TPSA) is 80.3 Å². The second-order valence-corrected chi connectivity index (χ2v) is 7.20. The number of hydrogen-bond donors (Lipinski definition) is 2. The minimum absolute atomic E-state index is 0.0190. The van der Waals surface area contributed by atoms with Crippen molar-refractivity contribution < 1.29 is 9.59 Å². The predicted octanol–water partition coefficient (Wildman–Crippen LogP) is -0.426. The van der Waals surface area contributed by atoms with Gasteiger partial charge in [-0.15, -0.1) is 0 Å². The SMILES string of the molecule is CCNC(=NCC(=O)N(C)C)NCCN1CCN(C(=O)C2CCC2)CC1. The maximum Gasteiger partial charge on any atom is 0.243 e. The maximum atomic E-state index is 12.3. The number of amides is 2. The van der Waals surface area contributed by atoms with Crippen LogP contribution in [-0.4, -0.2) is 98.9 Å². The number of likely N-dealkylation sites (N-methyl/N-ethyl adjacent to an activating group) is 1. The molecular weight excluding hydrogens is 332 g/mol. The highest BCUT2D eigenvalue weighted by Gasteiger charge is 2.30. The molecule has 0 aromatic carbocycles. The lowest BCUT2D eigenvalue weighted by molar-refractivity contribution is -0.139. The summed E-state index contributed by atoms with van der Waals surface area (Å²) in [6.45, 7) is 8.08. The smallest absolute Gasteiger partial charge is 0.243 e. The molecule has 148 valence electrons. The Kier molecular flexibility index (Phi) is 8.15. The average Bonchev–Trinajstić information content (AvgIpc) is 2.58. The minimum atomic E-state index is -0.0190. The van der Waals surface area contributed by atoms with Crippen LogP contribution in [0.3, 0.4) is 0 Å². The van der Waals surface area contributed by atoms with Crippen LogP contribution in [0.1, 0.15) is 26.2 Å². The van der Waals surface area contributed by atoms with Crippen molar-refractivity contribution >= 4 is 17.8 Å². The third-order valence-electron chi connectivity index (χ3n) is 5.07. The zero-order chi connectivity index (χ0) is 18.9. The third kappa shape index (κ3) is 6.16. The van der Waals surface area contributed by atoms with Crippen molar-refractivity contribution in [3.63, 3.8) is 0 Å². The van der Waals surface area contributed by atoms with E-state index in [0.717, 1.165) is 58.7 Å². The van der Waals surface area contributed by atoms with Crippen molar-refractivity contribution in [2.45, 2.75) is 26.2 Å². The zero-order valence-corrected chi connectivity index (χ0v) is 16.5. The van der Waals surface area contributed by atoms with Gasteiger partial charge in [0, 0.05) is 65.8 Å². The van der Waals surface area contributed by atoms with Gasteiger partial charge in [0.1, 0.15) is 6.54 Å². The molecule has 0 aromatic rings. The van der Waals surface area contributed by atoms with Crippen molar-refractivity contribution in [2.75, 3.05) is 66.5 Å². The fraction of sp³-hybridized carbons (Fsp3) is 0.833. The van der Waals surface area contributed by atoms with Crippen molar-refractivity contribution in [3.8, 4) is 0 Å². The molecular formula is C18H34N6O2. The van der Waals surface area contributed by atoms with E-state index in [1.165, 1.54) is 11.3 Å². The minimum Gasteiger partial charge on any atom is -0.357 e. The highest BCUT2D eigenvalue weighted by molar-refractivity contribution is 5.84. The van der Waals surface area contributed by atoms with Crippen molar-refractivity contribution in [1.29, 1.82) is 0 Å². The molecule has 8 heteroatoms. The van der Waals surface area contributed by atoms with Gasteiger partial charge in [-0.2, -0.15) is 0 Å². The normalized spacial score (nSPS) is 19.0. The van der Waals surface area contributed by atoms with E-state index >= 15 is 0 Å². The molecule has 0 radical (unpaired) electrons. The molecule has 8 nitrogen and oxygen atoms in total. The predicted molar refractivity (Wildman–Crippen MR) is 103 cm³/mol. The highest BCUT2D eigenvalue weighted by atomic mass is 16.2. The van der Waals surface area contributed by atoms with Crippen molar-refractivity contribution in [1.82, 2.24) is 25.3 Å². The Labute approximate surface area is 157 Å². The molecule has 2 rings (SSSR count). The first kappa shape index (κ1) is 20.5. The van der Waals surface area contributed by atoms with Gasteiger partial charge in [-0.1, -0.05) is 6.42 Å². The van der Waals surface area contributed by atoms with E-state index in [-0.39, 0.29) is 12.5 Å². The standard InChI is InChI=1S/C18H34N6O2/c1-4-19-18(21-14-16(25)22(2)3)20-8-9-23-10-12-24(13-11-23)17(26)15-6-5-7-15/h15H,4-14H2,1-3H3,(H2,19,20,21). The van der Waals surface area contributed by atoms with Gasteiger partial charge in [-0.3, -0.25) is 14.5 Å². The first-order valence-corrected chi connectivity index (χ1v) is 9.74. The van der Waals surface area contributed by atoms with Gasteiger partial charge < -0.3 is 20.4 Å². The average molecular weight is 367 g/mol. The number of hydrogen-bond acceptors (Lipinski definition) is 4. The Bertz CT molecular complexity index is 496. The molecule has 2 amide bonds. The Balaban J connectivity index is 1.67. The van der Waals surface area contributed by atoms with Crippen LogP contribution in [0, 0.1) is 5.92 Å². The van der Waals surface area contributed by atoms with Crippen LogP contribution in [0.25, 0.3) is 0 Å². The van der Waals surface area contributed by atoms with Crippen molar-refractivity contribution in [3.05, 3.63) is 0 Å². The number of nitrogens with one attached hydrogen (secondary N) is 2.